The number of rotatable bonds is 2. The van der Waals surface area contributed by atoms with Crippen LogP contribution in [0.2, 0.25) is 0 Å². The Hall–Kier alpha value is -1.38. The van der Waals surface area contributed by atoms with Gasteiger partial charge in [0.1, 0.15) is 0 Å². The minimum absolute atomic E-state index is 0.0230. The Labute approximate surface area is 102 Å². The van der Waals surface area contributed by atoms with Gasteiger partial charge in [-0.15, -0.1) is 0 Å². The number of nitrogens with zero attached hydrogens (tertiary/aromatic N) is 1. The summed E-state index contributed by atoms with van der Waals surface area (Å²) in [6, 6.07) is 0. The quantitative estimate of drug-likeness (QED) is 0.685. The van der Waals surface area contributed by atoms with E-state index >= 15 is 0 Å². The summed E-state index contributed by atoms with van der Waals surface area (Å²) in [5, 5.41) is 0. The summed E-state index contributed by atoms with van der Waals surface area (Å²) in [6.07, 6.45) is 10.1. The summed E-state index contributed by atoms with van der Waals surface area (Å²) in [7, 11) is 1.55. The van der Waals surface area contributed by atoms with Crippen LogP contribution in [-0.2, 0) is 9.59 Å². The molecule has 17 heavy (non-hydrogen) atoms. The van der Waals surface area contributed by atoms with Crippen LogP contribution in [0.15, 0.2) is 23.8 Å². The van der Waals surface area contributed by atoms with E-state index in [0.717, 1.165) is 19.3 Å². The van der Waals surface area contributed by atoms with Crippen molar-refractivity contribution in [2.24, 2.45) is 17.8 Å². The molecule has 3 atom stereocenters. The Morgan fingerprint density at radius 1 is 1.47 bits per heavy atom. The first kappa shape index (κ1) is 12.1. The van der Waals surface area contributed by atoms with Gasteiger partial charge in [0.2, 0.25) is 12.3 Å². The van der Waals surface area contributed by atoms with Gasteiger partial charge in [0, 0.05) is 13.0 Å². The standard InChI is InChI=1S/C14H19NO2/c1-10-5-3-6-11-7-4-8-12(13(10)11)14(17)15(2)9-16/h3,5-6,9,11-13H,4,7-8H2,1-2H3. The molecule has 0 aromatic heterocycles. The van der Waals surface area contributed by atoms with E-state index < -0.39 is 0 Å². The SMILES string of the molecule is CC1=CC=CC2CCCC(C(=O)N(C)C=O)C12. The molecule has 0 aliphatic heterocycles. The molecule has 0 N–H and O–H groups in total. The van der Waals surface area contributed by atoms with Crippen LogP contribution >= 0.6 is 0 Å². The number of imide groups is 1. The van der Waals surface area contributed by atoms with Crippen molar-refractivity contribution in [2.75, 3.05) is 7.05 Å². The van der Waals surface area contributed by atoms with Crippen molar-refractivity contribution in [3.8, 4) is 0 Å². The third-order valence-corrected chi connectivity index (χ3v) is 4.01. The second-order valence-electron chi connectivity index (χ2n) is 5.08. The van der Waals surface area contributed by atoms with Crippen LogP contribution in [0.4, 0.5) is 0 Å². The molecule has 0 saturated heterocycles. The van der Waals surface area contributed by atoms with Gasteiger partial charge < -0.3 is 0 Å². The fourth-order valence-electron chi connectivity index (χ4n) is 3.15. The first-order valence-corrected chi connectivity index (χ1v) is 6.22. The Morgan fingerprint density at radius 3 is 2.94 bits per heavy atom. The summed E-state index contributed by atoms with van der Waals surface area (Å²) in [5.41, 5.74) is 1.27. The zero-order valence-electron chi connectivity index (χ0n) is 10.4. The van der Waals surface area contributed by atoms with E-state index in [-0.39, 0.29) is 11.8 Å². The van der Waals surface area contributed by atoms with Crippen LogP contribution in [0.25, 0.3) is 0 Å². The van der Waals surface area contributed by atoms with Crippen molar-refractivity contribution < 1.29 is 9.59 Å². The van der Waals surface area contributed by atoms with Crippen LogP contribution in [0.3, 0.4) is 0 Å². The van der Waals surface area contributed by atoms with Gasteiger partial charge in [-0.05, 0) is 31.6 Å². The molecule has 2 aliphatic carbocycles. The van der Waals surface area contributed by atoms with Gasteiger partial charge in [0.25, 0.3) is 0 Å². The number of carbonyl (C=O) groups is 2. The Bertz CT molecular complexity index is 384. The fraction of sp³-hybridized carbons (Fsp3) is 0.571. The summed E-state index contributed by atoms with van der Waals surface area (Å²) in [4.78, 5) is 24.1. The summed E-state index contributed by atoms with van der Waals surface area (Å²) < 4.78 is 0. The van der Waals surface area contributed by atoms with Crippen LogP contribution in [-0.4, -0.2) is 24.3 Å². The van der Waals surface area contributed by atoms with E-state index in [0.29, 0.717) is 18.2 Å². The number of hydrogen-bond donors (Lipinski definition) is 0. The van der Waals surface area contributed by atoms with Crippen molar-refractivity contribution in [1.29, 1.82) is 0 Å². The topological polar surface area (TPSA) is 37.4 Å². The van der Waals surface area contributed by atoms with Gasteiger partial charge in [0.15, 0.2) is 0 Å². The zero-order valence-corrected chi connectivity index (χ0v) is 10.4. The van der Waals surface area contributed by atoms with Gasteiger partial charge >= 0.3 is 0 Å². The van der Waals surface area contributed by atoms with Crippen molar-refractivity contribution in [2.45, 2.75) is 26.2 Å². The maximum absolute atomic E-state index is 12.2. The molecule has 0 heterocycles. The Morgan fingerprint density at radius 2 is 2.24 bits per heavy atom. The van der Waals surface area contributed by atoms with E-state index in [2.05, 4.69) is 25.2 Å². The third kappa shape index (κ3) is 2.19. The molecule has 0 aromatic carbocycles. The van der Waals surface area contributed by atoms with Crippen LogP contribution in [0, 0.1) is 17.8 Å². The zero-order chi connectivity index (χ0) is 12.4. The van der Waals surface area contributed by atoms with E-state index in [1.807, 2.05) is 0 Å². The van der Waals surface area contributed by atoms with Crippen molar-refractivity contribution in [3.05, 3.63) is 23.8 Å². The molecular formula is C14H19NO2. The molecule has 2 aliphatic rings. The van der Waals surface area contributed by atoms with Crippen LogP contribution in [0.5, 0.6) is 0 Å². The number of amides is 2. The van der Waals surface area contributed by atoms with Crippen LogP contribution < -0.4 is 0 Å². The minimum atomic E-state index is -0.0299. The van der Waals surface area contributed by atoms with Gasteiger partial charge in [0.05, 0.1) is 0 Å². The van der Waals surface area contributed by atoms with Crippen molar-refractivity contribution >= 4 is 12.3 Å². The van der Waals surface area contributed by atoms with Gasteiger partial charge in [-0.25, -0.2) is 0 Å². The second kappa shape index (κ2) is 4.86. The van der Waals surface area contributed by atoms with Crippen LogP contribution in [0.1, 0.15) is 26.2 Å². The molecule has 3 unspecified atom stereocenters. The molecule has 1 saturated carbocycles. The highest BCUT2D eigenvalue weighted by Gasteiger charge is 2.39. The predicted molar refractivity (Wildman–Crippen MR) is 66.1 cm³/mol. The monoisotopic (exact) mass is 233 g/mol. The first-order chi connectivity index (χ1) is 8.15. The number of hydrogen-bond acceptors (Lipinski definition) is 2. The number of carbonyl (C=O) groups excluding carboxylic acids is 2. The minimum Gasteiger partial charge on any atom is -0.288 e. The third-order valence-electron chi connectivity index (χ3n) is 4.01. The largest absolute Gasteiger partial charge is 0.288 e. The molecule has 0 spiro atoms. The van der Waals surface area contributed by atoms with E-state index in [4.69, 9.17) is 0 Å². The maximum atomic E-state index is 12.2. The Balaban J connectivity index is 2.22. The highest BCUT2D eigenvalue weighted by molar-refractivity contribution is 5.88. The highest BCUT2D eigenvalue weighted by atomic mass is 16.2. The van der Waals surface area contributed by atoms with Gasteiger partial charge in [-0.2, -0.15) is 0 Å². The average molecular weight is 233 g/mol. The van der Waals surface area contributed by atoms with Gasteiger partial charge in [-0.1, -0.05) is 30.2 Å². The van der Waals surface area contributed by atoms with Crippen molar-refractivity contribution in [1.82, 2.24) is 4.90 Å². The van der Waals surface area contributed by atoms with Crippen molar-refractivity contribution in [3.63, 3.8) is 0 Å². The van der Waals surface area contributed by atoms with E-state index in [1.165, 1.54) is 10.5 Å². The molecule has 3 nitrogen and oxygen atoms in total. The fourth-order valence-corrected chi connectivity index (χ4v) is 3.15. The lowest BCUT2D eigenvalue weighted by Gasteiger charge is -2.39. The molecule has 3 heteroatoms. The molecule has 0 aromatic rings. The second-order valence-corrected chi connectivity index (χ2v) is 5.08. The number of allylic oxidation sites excluding steroid dienone is 4. The molecule has 92 valence electrons. The number of fused-ring (bicyclic) bond motifs is 1. The van der Waals surface area contributed by atoms with E-state index in [1.54, 1.807) is 7.05 Å². The lowest BCUT2D eigenvalue weighted by Crippen LogP contribution is -2.41. The van der Waals surface area contributed by atoms with E-state index in [9.17, 15) is 9.59 Å². The average Bonchev–Trinajstić information content (AvgIpc) is 2.36. The molecule has 0 radical (unpaired) electrons. The highest BCUT2D eigenvalue weighted by Crippen LogP contribution is 2.42. The normalized spacial score (nSPS) is 31.4. The lowest BCUT2D eigenvalue weighted by atomic mass is 9.67. The Kier molecular flexibility index (Phi) is 3.46. The molecule has 2 rings (SSSR count). The molecule has 0 bridgehead atoms. The van der Waals surface area contributed by atoms with Gasteiger partial charge in [-0.3, -0.25) is 14.5 Å². The first-order valence-electron chi connectivity index (χ1n) is 6.22. The lowest BCUT2D eigenvalue weighted by molar-refractivity contribution is -0.142. The molecular weight excluding hydrogens is 214 g/mol. The molecule has 1 fully saturated rings. The smallest absolute Gasteiger partial charge is 0.232 e. The summed E-state index contributed by atoms with van der Waals surface area (Å²) in [6.45, 7) is 2.09. The predicted octanol–water partition coefficient (Wildman–Crippen LogP) is 2.15. The maximum Gasteiger partial charge on any atom is 0.232 e. The summed E-state index contributed by atoms with van der Waals surface area (Å²) in [5.74, 6) is 0.717. The molecule has 2 amide bonds. The summed E-state index contributed by atoms with van der Waals surface area (Å²) >= 11 is 0.